The SMILES string of the molecule is O=C(CCNC(=O)C1(NC(=O)c2ccc3cc(Br)ccc3c2)CCCC1)NCC(c1ccccc1)C1CCN(C(=O)[C@H]2CCCN2)CC1. The van der Waals surface area contributed by atoms with Crippen molar-refractivity contribution < 1.29 is 19.2 Å². The predicted molar refractivity (Wildman–Crippen MR) is 190 cm³/mol. The van der Waals surface area contributed by atoms with Gasteiger partial charge in [0, 0.05) is 48.6 Å². The molecule has 3 aromatic carbocycles. The monoisotopic (exact) mass is 715 g/mol. The van der Waals surface area contributed by atoms with Crippen LogP contribution in [0.15, 0.2) is 71.2 Å². The maximum absolute atomic E-state index is 13.5. The molecule has 10 heteroatoms. The van der Waals surface area contributed by atoms with Gasteiger partial charge >= 0.3 is 0 Å². The molecule has 3 aliphatic rings. The van der Waals surface area contributed by atoms with Crippen molar-refractivity contribution in [2.24, 2.45) is 5.92 Å². The van der Waals surface area contributed by atoms with Gasteiger partial charge < -0.3 is 26.2 Å². The largest absolute Gasteiger partial charge is 0.355 e. The molecule has 4 N–H and O–H groups in total. The van der Waals surface area contributed by atoms with Gasteiger partial charge in [-0.3, -0.25) is 19.2 Å². The fourth-order valence-corrected chi connectivity index (χ4v) is 8.08. The molecule has 3 aromatic rings. The summed E-state index contributed by atoms with van der Waals surface area (Å²) >= 11 is 3.48. The van der Waals surface area contributed by atoms with Gasteiger partial charge in [0.1, 0.15) is 5.54 Å². The number of hydrogen-bond acceptors (Lipinski definition) is 5. The van der Waals surface area contributed by atoms with Gasteiger partial charge in [0.05, 0.1) is 6.04 Å². The number of carbonyl (C=O) groups excluding carboxylic acids is 4. The fourth-order valence-electron chi connectivity index (χ4n) is 7.70. The van der Waals surface area contributed by atoms with Crippen molar-refractivity contribution in [2.45, 2.75) is 75.3 Å². The Balaban J connectivity index is 1.00. The third kappa shape index (κ3) is 8.09. The van der Waals surface area contributed by atoms with Gasteiger partial charge in [-0.15, -0.1) is 0 Å². The zero-order chi connectivity index (χ0) is 33.5. The zero-order valence-electron chi connectivity index (χ0n) is 27.4. The first kappa shape index (κ1) is 34.1. The van der Waals surface area contributed by atoms with Crippen LogP contribution in [0.2, 0.25) is 0 Å². The molecule has 1 saturated carbocycles. The number of likely N-dealkylation sites (tertiary alicyclic amines) is 1. The summed E-state index contributed by atoms with van der Waals surface area (Å²) in [7, 11) is 0. The quantitative estimate of drug-likeness (QED) is 0.222. The molecule has 9 nitrogen and oxygen atoms in total. The number of nitrogens with one attached hydrogen (secondary N) is 4. The van der Waals surface area contributed by atoms with Crippen LogP contribution < -0.4 is 21.3 Å². The van der Waals surface area contributed by atoms with E-state index in [4.69, 9.17) is 0 Å². The number of hydrogen-bond donors (Lipinski definition) is 4. The number of carbonyl (C=O) groups is 4. The van der Waals surface area contributed by atoms with E-state index in [1.165, 1.54) is 5.56 Å². The van der Waals surface area contributed by atoms with E-state index >= 15 is 0 Å². The first-order valence-corrected chi connectivity index (χ1v) is 18.2. The van der Waals surface area contributed by atoms with Crippen LogP contribution in [-0.4, -0.2) is 72.8 Å². The van der Waals surface area contributed by atoms with Gasteiger partial charge in [-0.25, -0.2) is 0 Å². The average Bonchev–Trinajstić information content (AvgIpc) is 3.82. The van der Waals surface area contributed by atoms with E-state index in [1.54, 1.807) is 6.07 Å². The number of piperidine rings is 1. The molecule has 2 aliphatic heterocycles. The second-order valence-corrected chi connectivity index (χ2v) is 14.5. The first-order valence-electron chi connectivity index (χ1n) is 17.5. The molecule has 2 heterocycles. The Labute approximate surface area is 291 Å². The molecule has 0 aromatic heterocycles. The van der Waals surface area contributed by atoms with Crippen LogP contribution in [0.5, 0.6) is 0 Å². The van der Waals surface area contributed by atoms with Crippen molar-refractivity contribution in [1.29, 1.82) is 0 Å². The topological polar surface area (TPSA) is 120 Å². The summed E-state index contributed by atoms with van der Waals surface area (Å²) in [4.78, 5) is 54.8. The molecular weight excluding hydrogens is 670 g/mol. The minimum atomic E-state index is -0.981. The number of halogens is 1. The Hall–Kier alpha value is -3.76. The summed E-state index contributed by atoms with van der Waals surface area (Å²) in [5.41, 5.74) is 0.718. The lowest BCUT2D eigenvalue weighted by molar-refractivity contribution is -0.134. The molecule has 3 fully saturated rings. The third-order valence-corrected chi connectivity index (χ3v) is 11.0. The standard InChI is InChI=1S/C38H46BrN5O4/c39-31-13-12-28-23-30(11-10-29(28)24-31)35(46)43-38(17-4-5-18-38)37(48)41-20-14-34(45)42-25-32(26-7-2-1-3-8-26)27-15-21-44(22-16-27)36(47)33-9-6-19-40-33/h1-3,7-8,10-13,23-24,27,32-33,40H,4-6,9,14-22,25H2,(H,41,48)(H,42,45)(H,43,46)/t32?,33-/m1/s1. The molecule has 0 radical (unpaired) electrons. The summed E-state index contributed by atoms with van der Waals surface area (Å²) < 4.78 is 0.973. The van der Waals surface area contributed by atoms with Crippen molar-refractivity contribution in [3.8, 4) is 0 Å². The van der Waals surface area contributed by atoms with Crippen LogP contribution in [0.4, 0.5) is 0 Å². The van der Waals surface area contributed by atoms with Crippen LogP contribution in [0.25, 0.3) is 10.8 Å². The maximum Gasteiger partial charge on any atom is 0.252 e. The lowest BCUT2D eigenvalue weighted by atomic mass is 9.79. The molecule has 6 rings (SSSR count). The van der Waals surface area contributed by atoms with Crippen LogP contribution in [0.1, 0.15) is 79.6 Å². The van der Waals surface area contributed by atoms with E-state index in [9.17, 15) is 19.2 Å². The van der Waals surface area contributed by atoms with E-state index in [0.29, 0.717) is 30.9 Å². The highest BCUT2D eigenvalue weighted by molar-refractivity contribution is 9.10. The lowest BCUT2D eigenvalue weighted by Crippen LogP contribution is -2.57. The summed E-state index contributed by atoms with van der Waals surface area (Å²) in [6, 6.07) is 21.7. The Morgan fingerprint density at radius 2 is 1.60 bits per heavy atom. The Morgan fingerprint density at radius 1 is 0.875 bits per heavy atom. The number of benzene rings is 3. The van der Waals surface area contributed by atoms with Gasteiger partial charge in [0.15, 0.2) is 0 Å². The number of fused-ring (bicyclic) bond motifs is 1. The molecule has 2 saturated heterocycles. The summed E-state index contributed by atoms with van der Waals surface area (Å²) in [5, 5.41) is 14.4. The number of amides is 4. The average molecular weight is 717 g/mol. The molecule has 0 spiro atoms. The van der Waals surface area contributed by atoms with E-state index in [1.807, 2.05) is 53.4 Å². The number of nitrogens with zero attached hydrogens (tertiary/aromatic N) is 1. The number of rotatable bonds is 11. The molecular formula is C38H46BrN5O4. The van der Waals surface area contributed by atoms with E-state index in [0.717, 1.165) is 73.4 Å². The van der Waals surface area contributed by atoms with Gasteiger partial charge in [-0.05, 0) is 91.6 Å². The zero-order valence-corrected chi connectivity index (χ0v) is 29.0. The Morgan fingerprint density at radius 3 is 2.33 bits per heavy atom. The van der Waals surface area contributed by atoms with Gasteiger partial charge in [-0.1, -0.05) is 71.2 Å². The predicted octanol–water partition coefficient (Wildman–Crippen LogP) is 5.04. The van der Waals surface area contributed by atoms with Crippen molar-refractivity contribution >= 4 is 50.3 Å². The lowest BCUT2D eigenvalue weighted by Gasteiger charge is -2.37. The highest BCUT2D eigenvalue weighted by atomic mass is 79.9. The van der Waals surface area contributed by atoms with Crippen molar-refractivity contribution in [3.63, 3.8) is 0 Å². The fraction of sp³-hybridized carbons (Fsp3) is 0.474. The third-order valence-electron chi connectivity index (χ3n) is 10.5. The summed E-state index contributed by atoms with van der Waals surface area (Å²) in [6.45, 7) is 3.08. The van der Waals surface area contributed by atoms with Crippen molar-refractivity contribution in [1.82, 2.24) is 26.2 Å². The second-order valence-electron chi connectivity index (χ2n) is 13.6. The highest BCUT2D eigenvalue weighted by Crippen LogP contribution is 2.33. The molecule has 4 amide bonds. The maximum atomic E-state index is 13.5. The molecule has 1 aliphatic carbocycles. The Kier molecular flexibility index (Phi) is 11.1. The van der Waals surface area contributed by atoms with Gasteiger partial charge in [0.2, 0.25) is 17.7 Å². The smallest absolute Gasteiger partial charge is 0.252 e. The molecule has 0 bridgehead atoms. The van der Waals surface area contributed by atoms with E-state index < -0.39 is 5.54 Å². The van der Waals surface area contributed by atoms with Crippen LogP contribution in [0, 0.1) is 5.92 Å². The molecule has 1 unspecified atom stereocenters. The van der Waals surface area contributed by atoms with Crippen LogP contribution in [0.3, 0.4) is 0 Å². The normalized spacial score (nSPS) is 19.9. The van der Waals surface area contributed by atoms with E-state index in [-0.39, 0.29) is 48.6 Å². The summed E-state index contributed by atoms with van der Waals surface area (Å²) in [6.07, 6.45) is 6.75. The minimum absolute atomic E-state index is 0.0429. The van der Waals surface area contributed by atoms with Crippen LogP contribution >= 0.6 is 15.9 Å². The highest BCUT2D eigenvalue weighted by Gasteiger charge is 2.42. The molecule has 254 valence electrons. The first-order chi connectivity index (χ1) is 23.3. The van der Waals surface area contributed by atoms with Crippen molar-refractivity contribution in [2.75, 3.05) is 32.7 Å². The van der Waals surface area contributed by atoms with Gasteiger partial charge in [-0.2, -0.15) is 0 Å². The van der Waals surface area contributed by atoms with Crippen molar-refractivity contribution in [3.05, 3.63) is 82.3 Å². The van der Waals surface area contributed by atoms with Gasteiger partial charge in [0.25, 0.3) is 5.91 Å². The minimum Gasteiger partial charge on any atom is -0.355 e. The molecule has 2 atom stereocenters. The molecule has 48 heavy (non-hydrogen) atoms. The second kappa shape index (κ2) is 15.6. The summed E-state index contributed by atoms with van der Waals surface area (Å²) in [5.74, 6) is 0.0832. The van der Waals surface area contributed by atoms with E-state index in [2.05, 4.69) is 49.3 Å². The van der Waals surface area contributed by atoms with Crippen LogP contribution in [-0.2, 0) is 14.4 Å². The Bertz CT molecular complexity index is 1610.